The van der Waals surface area contributed by atoms with Crippen molar-refractivity contribution >= 4 is 51.5 Å². The zero-order valence-corrected chi connectivity index (χ0v) is 36.0. The molecule has 0 bridgehead atoms. The highest BCUT2D eigenvalue weighted by atomic mass is 32.3. The van der Waals surface area contributed by atoms with Gasteiger partial charge >= 0.3 is 0 Å². The minimum Gasteiger partial charge on any atom is -0.289 e. The maximum atomic E-state index is 13.4. The first-order valence-electron chi connectivity index (χ1n) is 19.1. The Kier molecular flexibility index (Phi) is 9.85. The predicted octanol–water partition coefficient (Wildman–Crippen LogP) is 13.5. The molecule has 4 nitrogen and oxygen atoms in total. The van der Waals surface area contributed by atoms with E-state index in [1.54, 1.807) is 23.5 Å². The first-order chi connectivity index (χ1) is 27.8. The van der Waals surface area contributed by atoms with Crippen molar-refractivity contribution in [3.63, 3.8) is 0 Å². The van der Waals surface area contributed by atoms with Gasteiger partial charge in [-0.2, -0.15) is 12.0 Å². The lowest BCUT2D eigenvalue weighted by atomic mass is 9.81. The minimum absolute atomic E-state index is 0.0283. The molecule has 0 N–H and O–H groups in total. The molecule has 0 unspecified atom stereocenters. The van der Waals surface area contributed by atoms with Crippen molar-refractivity contribution in [3.05, 3.63) is 185 Å². The van der Waals surface area contributed by atoms with Gasteiger partial charge in [0.25, 0.3) is 10.1 Å². The fourth-order valence-electron chi connectivity index (χ4n) is 8.65. The van der Waals surface area contributed by atoms with Gasteiger partial charge in [-0.3, -0.25) is 4.79 Å². The van der Waals surface area contributed by atoms with Gasteiger partial charge in [0.1, 0.15) is 0 Å². The van der Waals surface area contributed by atoms with Crippen LogP contribution in [0, 0.1) is 0 Å². The number of hydrogen-bond donors (Lipinski definition) is 0. The number of carbonyl (C=O) groups excluding carboxylic acids is 1. The summed E-state index contributed by atoms with van der Waals surface area (Å²) in [7, 11) is -3.70. The van der Waals surface area contributed by atoms with Gasteiger partial charge in [-0.25, -0.2) is 0 Å². The van der Waals surface area contributed by atoms with Crippen LogP contribution in [0.25, 0.3) is 33.4 Å². The van der Waals surface area contributed by atoms with E-state index >= 15 is 0 Å². The molecular formula is C50H40O4S4. The lowest BCUT2D eigenvalue weighted by molar-refractivity contribution is 0.103. The number of rotatable bonds is 10. The maximum Gasteiger partial charge on any atom is 0.275 e. The molecule has 7 aromatic carbocycles. The van der Waals surface area contributed by atoms with Crippen molar-refractivity contribution in [2.24, 2.45) is 0 Å². The Balaban J connectivity index is 1.05. The lowest BCUT2D eigenvalue weighted by Gasteiger charge is -2.25. The highest BCUT2D eigenvalue weighted by molar-refractivity contribution is 8.05. The molecule has 0 aromatic heterocycles. The van der Waals surface area contributed by atoms with Crippen molar-refractivity contribution in [1.29, 1.82) is 0 Å². The minimum atomic E-state index is -3.70. The van der Waals surface area contributed by atoms with E-state index in [2.05, 4.69) is 131 Å². The van der Waals surface area contributed by atoms with Gasteiger partial charge < -0.3 is 0 Å². The maximum absolute atomic E-state index is 13.4. The number of ketones is 1. The molecule has 0 amide bonds. The fraction of sp³-hybridized carbons (Fsp3) is 0.140. The van der Waals surface area contributed by atoms with Gasteiger partial charge in [0.15, 0.2) is 5.78 Å². The van der Waals surface area contributed by atoms with E-state index in [9.17, 15) is 13.2 Å². The van der Waals surface area contributed by atoms with Crippen molar-refractivity contribution in [3.8, 4) is 33.4 Å². The SMILES string of the molecule is CC1(C)c2cc(C(=O)c3ccccc3)ccc2-c2cccc(Sc3ccc(-c4cccc(SOS(C)(=O)=O)c4Sc4cccc5c4C(C)(C)c4ccccc4-5)cc3)c21. The zero-order chi connectivity index (χ0) is 40.4. The Labute approximate surface area is 353 Å². The summed E-state index contributed by atoms with van der Waals surface area (Å²) in [6.07, 6.45) is 1.07. The summed E-state index contributed by atoms with van der Waals surface area (Å²) in [6, 6.07) is 51.8. The lowest BCUT2D eigenvalue weighted by Crippen LogP contribution is -2.17. The van der Waals surface area contributed by atoms with Crippen molar-refractivity contribution in [1.82, 2.24) is 0 Å². The zero-order valence-electron chi connectivity index (χ0n) is 32.7. The van der Waals surface area contributed by atoms with E-state index in [1.807, 2.05) is 48.5 Å². The van der Waals surface area contributed by atoms with Gasteiger partial charge in [-0.15, -0.1) is 0 Å². The first kappa shape index (κ1) is 38.7. The van der Waals surface area contributed by atoms with Crippen LogP contribution in [-0.2, 0) is 24.6 Å². The third-order valence-electron chi connectivity index (χ3n) is 11.3. The summed E-state index contributed by atoms with van der Waals surface area (Å²) in [5.74, 6) is 0.0283. The Morgan fingerprint density at radius 1 is 0.517 bits per heavy atom. The molecule has 58 heavy (non-hydrogen) atoms. The Morgan fingerprint density at radius 3 is 1.74 bits per heavy atom. The van der Waals surface area contributed by atoms with E-state index in [0.29, 0.717) is 11.1 Å². The normalized spacial score (nSPS) is 14.4. The Bertz CT molecular complexity index is 2880. The second-order valence-electron chi connectivity index (χ2n) is 15.8. The second kappa shape index (κ2) is 14.8. The van der Waals surface area contributed by atoms with Gasteiger partial charge in [0.2, 0.25) is 0 Å². The molecule has 0 heterocycles. The van der Waals surface area contributed by atoms with Crippen LogP contribution in [0.2, 0.25) is 0 Å². The van der Waals surface area contributed by atoms with Crippen molar-refractivity contribution < 1.29 is 16.8 Å². The van der Waals surface area contributed by atoms with E-state index in [0.717, 1.165) is 54.6 Å². The smallest absolute Gasteiger partial charge is 0.275 e. The summed E-state index contributed by atoms with van der Waals surface area (Å²) in [5.41, 5.74) is 12.7. The van der Waals surface area contributed by atoms with Crippen LogP contribution >= 0.6 is 35.6 Å². The molecule has 0 radical (unpaired) electrons. The summed E-state index contributed by atoms with van der Waals surface area (Å²) < 4.78 is 29.7. The molecule has 2 aliphatic rings. The summed E-state index contributed by atoms with van der Waals surface area (Å²) in [4.78, 5) is 18.5. The summed E-state index contributed by atoms with van der Waals surface area (Å²) >= 11 is 4.28. The molecule has 0 aliphatic heterocycles. The van der Waals surface area contributed by atoms with Gasteiger partial charge in [0.05, 0.1) is 23.2 Å². The number of benzene rings is 7. The Hall–Kier alpha value is -4.83. The summed E-state index contributed by atoms with van der Waals surface area (Å²) in [6.45, 7) is 9.06. The third kappa shape index (κ3) is 6.85. The van der Waals surface area contributed by atoms with E-state index < -0.39 is 10.1 Å². The summed E-state index contributed by atoms with van der Waals surface area (Å²) in [5, 5.41) is 0. The van der Waals surface area contributed by atoms with Crippen LogP contribution in [-0.4, -0.2) is 20.5 Å². The molecule has 0 spiro atoms. The third-order valence-corrected chi connectivity index (χ3v) is 15.5. The Morgan fingerprint density at radius 2 is 1.07 bits per heavy atom. The molecule has 2 aliphatic carbocycles. The predicted molar refractivity (Wildman–Crippen MR) is 240 cm³/mol. The molecular weight excluding hydrogens is 793 g/mol. The average Bonchev–Trinajstić information content (AvgIpc) is 3.60. The van der Waals surface area contributed by atoms with Crippen LogP contribution in [0.4, 0.5) is 0 Å². The van der Waals surface area contributed by atoms with E-state index in [-0.39, 0.29) is 16.6 Å². The largest absolute Gasteiger partial charge is 0.289 e. The molecule has 0 fully saturated rings. The van der Waals surface area contributed by atoms with Crippen LogP contribution in [0.1, 0.15) is 65.9 Å². The van der Waals surface area contributed by atoms with Crippen LogP contribution < -0.4 is 0 Å². The topological polar surface area (TPSA) is 60.4 Å². The van der Waals surface area contributed by atoms with Crippen LogP contribution in [0.15, 0.2) is 176 Å². The molecule has 0 saturated carbocycles. The molecule has 288 valence electrons. The molecule has 0 saturated heterocycles. The van der Waals surface area contributed by atoms with Crippen molar-refractivity contribution in [2.75, 3.05) is 6.26 Å². The van der Waals surface area contributed by atoms with E-state index in [1.165, 1.54) is 43.8 Å². The number of carbonyl (C=O) groups is 1. The van der Waals surface area contributed by atoms with E-state index in [4.69, 9.17) is 3.63 Å². The van der Waals surface area contributed by atoms with Crippen LogP contribution in [0.3, 0.4) is 0 Å². The number of hydrogen-bond acceptors (Lipinski definition) is 7. The number of fused-ring (bicyclic) bond motifs is 6. The highest BCUT2D eigenvalue weighted by Gasteiger charge is 2.39. The van der Waals surface area contributed by atoms with Gasteiger partial charge in [0, 0.05) is 41.5 Å². The van der Waals surface area contributed by atoms with Gasteiger partial charge in [-0.05, 0) is 92.0 Å². The average molecular weight is 833 g/mol. The molecule has 9 rings (SSSR count). The highest BCUT2D eigenvalue weighted by Crippen LogP contribution is 2.55. The monoisotopic (exact) mass is 832 g/mol. The molecule has 0 atom stereocenters. The quantitative estimate of drug-likeness (QED) is 0.100. The standard InChI is InChI=1S/C50H40O4S4/c1-49(2)40-20-10-9-16-36(40)38-18-13-22-43(46(38)49)56-48-35(17-11-23-44(48)57-54-58(5,52)53)31-24-27-34(28-25-31)55-42-21-12-19-39-37-29-26-33(30-41(37)50(3,4)45(39)42)47(51)32-14-7-6-8-15-32/h6-30H,1-5H3. The molecule has 8 heteroatoms. The first-order valence-corrected chi connectivity index (χ1v) is 23.3. The fourth-order valence-corrected chi connectivity index (χ4v) is 12.4. The van der Waals surface area contributed by atoms with Gasteiger partial charge in [-0.1, -0.05) is 166 Å². The van der Waals surface area contributed by atoms with Crippen LogP contribution in [0.5, 0.6) is 0 Å². The second-order valence-corrected chi connectivity index (χ2v) is 20.6. The molecule has 7 aromatic rings. The van der Waals surface area contributed by atoms with Crippen molar-refractivity contribution in [2.45, 2.75) is 63.0 Å².